The molecule has 0 saturated heterocycles. The summed E-state index contributed by atoms with van der Waals surface area (Å²) in [6, 6.07) is 12.5. The first-order valence-electron chi connectivity index (χ1n) is 6.74. The van der Waals surface area contributed by atoms with Gasteiger partial charge in [-0.15, -0.1) is 0 Å². The van der Waals surface area contributed by atoms with Crippen molar-refractivity contribution in [2.45, 2.75) is 6.92 Å². The molecule has 6 heteroatoms. The predicted octanol–water partition coefficient (Wildman–Crippen LogP) is 4.61. The van der Waals surface area contributed by atoms with E-state index in [9.17, 15) is 4.79 Å². The van der Waals surface area contributed by atoms with E-state index in [0.717, 1.165) is 21.5 Å². The fourth-order valence-corrected chi connectivity index (χ4v) is 2.30. The van der Waals surface area contributed by atoms with E-state index in [0.29, 0.717) is 18.2 Å². The first kappa shape index (κ1) is 16.6. The van der Waals surface area contributed by atoms with E-state index in [4.69, 9.17) is 16.3 Å². The molecule has 2 aromatic carbocycles. The first-order chi connectivity index (χ1) is 10.5. The van der Waals surface area contributed by atoms with E-state index in [2.05, 4.69) is 26.6 Å². The number of nitrogens with one attached hydrogen (secondary N) is 2. The van der Waals surface area contributed by atoms with Gasteiger partial charge >= 0.3 is 6.03 Å². The number of ether oxygens (including phenoxy) is 1. The number of benzene rings is 2. The molecule has 2 aromatic rings. The topological polar surface area (TPSA) is 50.4 Å². The molecule has 0 fully saturated rings. The van der Waals surface area contributed by atoms with Gasteiger partial charge in [0.15, 0.2) is 0 Å². The Bertz CT molecular complexity index is 647. The van der Waals surface area contributed by atoms with Crippen molar-refractivity contribution >= 4 is 39.2 Å². The van der Waals surface area contributed by atoms with E-state index in [1.54, 1.807) is 6.07 Å². The van der Waals surface area contributed by atoms with Crippen molar-refractivity contribution in [1.82, 2.24) is 5.32 Å². The number of urea groups is 1. The van der Waals surface area contributed by atoms with E-state index in [-0.39, 0.29) is 6.03 Å². The number of hydrogen-bond acceptors (Lipinski definition) is 2. The molecule has 0 aliphatic rings. The molecular weight excluding hydrogens is 368 g/mol. The Labute approximate surface area is 142 Å². The average molecular weight is 384 g/mol. The molecule has 116 valence electrons. The maximum Gasteiger partial charge on any atom is 0.319 e. The monoisotopic (exact) mass is 382 g/mol. The lowest BCUT2D eigenvalue weighted by Crippen LogP contribution is -2.32. The van der Waals surface area contributed by atoms with Crippen LogP contribution in [0.3, 0.4) is 0 Å². The first-order valence-corrected chi connectivity index (χ1v) is 7.91. The van der Waals surface area contributed by atoms with E-state index in [1.165, 1.54) is 0 Å². The Morgan fingerprint density at radius 3 is 2.64 bits per heavy atom. The molecule has 0 aliphatic carbocycles. The molecule has 2 rings (SSSR count). The third-order valence-electron chi connectivity index (χ3n) is 2.88. The van der Waals surface area contributed by atoms with Gasteiger partial charge in [0, 0.05) is 15.2 Å². The quantitative estimate of drug-likeness (QED) is 0.741. The Morgan fingerprint density at radius 2 is 1.95 bits per heavy atom. The third-order valence-corrected chi connectivity index (χ3v) is 3.65. The number of aryl methyl sites for hydroxylation is 1. The maximum atomic E-state index is 11.7. The molecule has 0 radical (unpaired) electrons. The van der Waals surface area contributed by atoms with Crippen molar-refractivity contribution in [1.29, 1.82) is 0 Å². The van der Waals surface area contributed by atoms with Gasteiger partial charge in [-0.05, 0) is 55.0 Å². The van der Waals surface area contributed by atoms with E-state index >= 15 is 0 Å². The highest BCUT2D eigenvalue weighted by Gasteiger charge is 2.03. The van der Waals surface area contributed by atoms with Crippen LogP contribution in [0.2, 0.25) is 5.02 Å². The maximum absolute atomic E-state index is 11.7. The highest BCUT2D eigenvalue weighted by atomic mass is 79.9. The van der Waals surface area contributed by atoms with Crippen LogP contribution in [0.5, 0.6) is 5.75 Å². The lowest BCUT2D eigenvalue weighted by molar-refractivity contribution is 0.247. The number of amides is 2. The smallest absolute Gasteiger partial charge is 0.319 e. The predicted molar refractivity (Wildman–Crippen MR) is 92.8 cm³/mol. The van der Waals surface area contributed by atoms with Gasteiger partial charge in [-0.1, -0.05) is 27.5 Å². The van der Waals surface area contributed by atoms with Crippen LogP contribution in [0.1, 0.15) is 5.56 Å². The molecule has 0 bridgehead atoms. The third kappa shape index (κ3) is 5.24. The second-order valence-corrected chi connectivity index (χ2v) is 6.00. The highest BCUT2D eigenvalue weighted by Crippen LogP contribution is 2.21. The molecule has 0 atom stereocenters. The van der Waals surface area contributed by atoms with Gasteiger partial charge in [-0.3, -0.25) is 0 Å². The minimum atomic E-state index is -0.265. The molecule has 0 aromatic heterocycles. The number of anilines is 1. The molecule has 0 heterocycles. The molecule has 2 N–H and O–H groups in total. The van der Waals surface area contributed by atoms with Gasteiger partial charge in [0.05, 0.1) is 6.54 Å². The van der Waals surface area contributed by atoms with E-state index in [1.807, 2.05) is 43.3 Å². The summed E-state index contributed by atoms with van der Waals surface area (Å²) in [7, 11) is 0. The average Bonchev–Trinajstić information content (AvgIpc) is 2.48. The Balaban J connectivity index is 1.72. The minimum absolute atomic E-state index is 0.265. The second-order valence-electron chi connectivity index (χ2n) is 4.65. The standard InChI is InChI=1S/C16H16BrClN2O2/c1-11-10-13(18)4-7-15(11)22-9-8-19-16(21)20-14-5-2-12(17)3-6-14/h2-7,10H,8-9H2,1H3,(H2,19,20,21). The molecule has 0 spiro atoms. The van der Waals surface area contributed by atoms with Crippen LogP contribution in [0.15, 0.2) is 46.9 Å². The van der Waals surface area contributed by atoms with Gasteiger partial charge in [-0.2, -0.15) is 0 Å². The van der Waals surface area contributed by atoms with Crippen molar-refractivity contribution in [2.75, 3.05) is 18.5 Å². The zero-order valence-corrected chi connectivity index (χ0v) is 14.4. The Hall–Kier alpha value is -1.72. The van der Waals surface area contributed by atoms with Crippen molar-refractivity contribution in [3.63, 3.8) is 0 Å². The molecule has 4 nitrogen and oxygen atoms in total. The number of carbonyl (C=O) groups is 1. The van der Waals surface area contributed by atoms with Crippen LogP contribution < -0.4 is 15.4 Å². The van der Waals surface area contributed by atoms with Gasteiger partial charge in [0.1, 0.15) is 12.4 Å². The van der Waals surface area contributed by atoms with Crippen molar-refractivity contribution < 1.29 is 9.53 Å². The number of hydrogen-bond donors (Lipinski definition) is 2. The normalized spacial score (nSPS) is 10.1. The van der Waals surface area contributed by atoms with Crippen molar-refractivity contribution in [3.8, 4) is 5.75 Å². The van der Waals surface area contributed by atoms with Gasteiger partial charge in [0.25, 0.3) is 0 Å². The molecular formula is C16H16BrClN2O2. The zero-order valence-electron chi connectivity index (χ0n) is 12.0. The number of rotatable bonds is 5. The number of carbonyl (C=O) groups excluding carboxylic acids is 1. The lowest BCUT2D eigenvalue weighted by atomic mass is 10.2. The summed E-state index contributed by atoms with van der Waals surface area (Å²) >= 11 is 9.23. The summed E-state index contributed by atoms with van der Waals surface area (Å²) in [6.45, 7) is 2.72. The molecule has 2 amide bonds. The highest BCUT2D eigenvalue weighted by molar-refractivity contribution is 9.10. The van der Waals surface area contributed by atoms with Gasteiger partial charge < -0.3 is 15.4 Å². The largest absolute Gasteiger partial charge is 0.491 e. The molecule has 0 aliphatic heterocycles. The summed E-state index contributed by atoms with van der Waals surface area (Å²) in [5.41, 5.74) is 1.70. The summed E-state index contributed by atoms with van der Waals surface area (Å²) in [4.78, 5) is 11.7. The van der Waals surface area contributed by atoms with Crippen LogP contribution >= 0.6 is 27.5 Å². The summed E-state index contributed by atoms with van der Waals surface area (Å²) in [5, 5.41) is 6.15. The fourth-order valence-electron chi connectivity index (χ4n) is 1.81. The SMILES string of the molecule is Cc1cc(Cl)ccc1OCCNC(=O)Nc1ccc(Br)cc1. The fraction of sp³-hybridized carbons (Fsp3) is 0.188. The Morgan fingerprint density at radius 1 is 1.23 bits per heavy atom. The second kappa shape index (κ2) is 8.06. The van der Waals surface area contributed by atoms with Gasteiger partial charge in [0.2, 0.25) is 0 Å². The van der Waals surface area contributed by atoms with Gasteiger partial charge in [-0.25, -0.2) is 4.79 Å². The Kier molecular flexibility index (Phi) is 6.10. The molecule has 22 heavy (non-hydrogen) atoms. The summed E-state index contributed by atoms with van der Waals surface area (Å²) < 4.78 is 6.56. The number of halogens is 2. The van der Waals surface area contributed by atoms with Crippen molar-refractivity contribution in [3.05, 3.63) is 57.5 Å². The zero-order chi connectivity index (χ0) is 15.9. The van der Waals surface area contributed by atoms with Crippen molar-refractivity contribution in [2.24, 2.45) is 0 Å². The van der Waals surface area contributed by atoms with E-state index < -0.39 is 0 Å². The summed E-state index contributed by atoms with van der Waals surface area (Å²) in [6.07, 6.45) is 0. The summed E-state index contributed by atoms with van der Waals surface area (Å²) in [5.74, 6) is 0.763. The molecule has 0 unspecified atom stereocenters. The van der Waals surface area contributed by atoms with Crippen LogP contribution in [0.4, 0.5) is 10.5 Å². The molecule has 0 saturated carbocycles. The van der Waals surface area contributed by atoms with Crippen LogP contribution in [-0.4, -0.2) is 19.2 Å². The minimum Gasteiger partial charge on any atom is -0.491 e. The van der Waals surface area contributed by atoms with Crippen LogP contribution in [0.25, 0.3) is 0 Å². The van der Waals surface area contributed by atoms with Crippen LogP contribution in [0, 0.1) is 6.92 Å². The van der Waals surface area contributed by atoms with Crippen LogP contribution in [-0.2, 0) is 0 Å². The lowest BCUT2D eigenvalue weighted by Gasteiger charge is -2.11.